The predicted molar refractivity (Wildman–Crippen MR) is 96.0 cm³/mol. The molecular formula is C16H21N3O4S2. The third-order valence-corrected chi connectivity index (χ3v) is 6.55. The zero-order valence-electron chi connectivity index (χ0n) is 14.0. The molecule has 1 fully saturated rings. The fourth-order valence-corrected chi connectivity index (χ4v) is 4.99. The first-order valence-corrected chi connectivity index (χ1v) is 10.8. The van der Waals surface area contributed by atoms with Crippen molar-refractivity contribution < 1.29 is 17.6 Å². The number of piperidine rings is 1. The number of nitrogens with one attached hydrogen (secondary N) is 1. The van der Waals surface area contributed by atoms with Gasteiger partial charge >= 0.3 is 0 Å². The van der Waals surface area contributed by atoms with Crippen LogP contribution in [-0.4, -0.2) is 49.1 Å². The van der Waals surface area contributed by atoms with Crippen molar-refractivity contribution in [2.75, 3.05) is 18.8 Å². The van der Waals surface area contributed by atoms with Crippen molar-refractivity contribution >= 4 is 27.3 Å². The average molecular weight is 383 g/mol. The fourth-order valence-electron chi connectivity index (χ4n) is 2.83. The van der Waals surface area contributed by atoms with Gasteiger partial charge in [0.05, 0.1) is 12.0 Å². The highest BCUT2D eigenvalue weighted by atomic mass is 32.2. The molecule has 2 aromatic heterocycles. The SMILES string of the molecule is CCCS(=O)(=O)NC1CCN(C(=O)c2csc(-c3ccco3)n2)CC1. The maximum Gasteiger partial charge on any atom is 0.273 e. The van der Waals surface area contributed by atoms with E-state index in [1.54, 1.807) is 28.7 Å². The number of sulfonamides is 1. The van der Waals surface area contributed by atoms with E-state index in [1.807, 2.05) is 6.92 Å². The minimum atomic E-state index is -3.22. The quantitative estimate of drug-likeness (QED) is 0.826. The molecule has 3 heterocycles. The lowest BCUT2D eigenvalue weighted by molar-refractivity contribution is 0.0706. The standard InChI is InChI=1S/C16H21N3O4S2/c1-2-10-25(21,22)18-12-5-7-19(8-6-12)16(20)13-11-24-15(17-13)14-4-3-9-23-14/h3-4,9,11-12,18H,2,5-8,10H2,1H3. The largest absolute Gasteiger partial charge is 0.462 e. The zero-order valence-corrected chi connectivity index (χ0v) is 15.6. The second kappa shape index (κ2) is 7.67. The Morgan fingerprint density at radius 3 is 2.84 bits per heavy atom. The average Bonchev–Trinajstić information content (AvgIpc) is 3.26. The lowest BCUT2D eigenvalue weighted by Crippen LogP contribution is -2.47. The molecule has 0 aliphatic carbocycles. The summed E-state index contributed by atoms with van der Waals surface area (Å²) in [5.41, 5.74) is 0.404. The van der Waals surface area contributed by atoms with E-state index in [1.165, 1.54) is 11.3 Å². The highest BCUT2D eigenvalue weighted by molar-refractivity contribution is 7.89. The molecule has 0 aromatic carbocycles. The Morgan fingerprint density at radius 1 is 1.44 bits per heavy atom. The van der Waals surface area contributed by atoms with Crippen LogP contribution in [0.2, 0.25) is 0 Å². The normalized spacial score (nSPS) is 16.3. The van der Waals surface area contributed by atoms with Gasteiger partial charge in [-0.15, -0.1) is 11.3 Å². The second-order valence-corrected chi connectivity index (χ2v) is 8.75. The third kappa shape index (κ3) is 4.47. The first-order chi connectivity index (χ1) is 12.0. The summed E-state index contributed by atoms with van der Waals surface area (Å²) in [6.45, 7) is 2.88. The molecule has 0 spiro atoms. The summed E-state index contributed by atoms with van der Waals surface area (Å²) in [6.07, 6.45) is 3.39. The van der Waals surface area contributed by atoms with Crippen molar-refractivity contribution in [1.82, 2.24) is 14.6 Å². The molecule has 25 heavy (non-hydrogen) atoms. The number of nitrogens with zero attached hydrogens (tertiary/aromatic N) is 2. The van der Waals surface area contributed by atoms with Crippen molar-refractivity contribution in [1.29, 1.82) is 0 Å². The van der Waals surface area contributed by atoms with Crippen LogP contribution >= 0.6 is 11.3 Å². The molecule has 1 N–H and O–H groups in total. The maximum atomic E-state index is 12.6. The van der Waals surface area contributed by atoms with Crippen LogP contribution < -0.4 is 4.72 Å². The molecule has 2 aromatic rings. The molecule has 1 aliphatic heterocycles. The van der Waals surface area contributed by atoms with Gasteiger partial charge in [-0.3, -0.25) is 4.79 Å². The van der Waals surface area contributed by atoms with E-state index in [2.05, 4.69) is 9.71 Å². The van der Waals surface area contributed by atoms with Gasteiger partial charge in [-0.1, -0.05) is 6.92 Å². The summed E-state index contributed by atoms with van der Waals surface area (Å²) in [6, 6.07) is 3.48. The van der Waals surface area contributed by atoms with E-state index in [4.69, 9.17) is 4.42 Å². The fraction of sp³-hybridized carbons (Fsp3) is 0.500. The van der Waals surface area contributed by atoms with Crippen LogP contribution in [0.3, 0.4) is 0 Å². The number of furan rings is 1. The minimum Gasteiger partial charge on any atom is -0.462 e. The first-order valence-electron chi connectivity index (χ1n) is 8.27. The van der Waals surface area contributed by atoms with Crippen LogP contribution in [0, 0.1) is 0 Å². The number of aromatic nitrogens is 1. The Kier molecular flexibility index (Phi) is 5.55. The molecule has 7 nitrogen and oxygen atoms in total. The zero-order chi connectivity index (χ0) is 17.9. The molecule has 136 valence electrons. The predicted octanol–water partition coefficient (Wildman–Crippen LogP) is 2.34. The Labute approximate surface area is 151 Å². The number of thiazole rings is 1. The molecule has 9 heteroatoms. The highest BCUT2D eigenvalue weighted by Crippen LogP contribution is 2.25. The number of hydrogen-bond acceptors (Lipinski definition) is 6. The number of likely N-dealkylation sites (tertiary alicyclic amines) is 1. The van der Waals surface area contributed by atoms with Crippen molar-refractivity contribution in [3.63, 3.8) is 0 Å². The van der Waals surface area contributed by atoms with Gasteiger partial charge in [-0.05, 0) is 31.4 Å². The number of amides is 1. The Hall–Kier alpha value is -1.71. The van der Waals surface area contributed by atoms with Crippen molar-refractivity contribution in [2.24, 2.45) is 0 Å². The topological polar surface area (TPSA) is 92.5 Å². The summed E-state index contributed by atoms with van der Waals surface area (Å²) in [5.74, 6) is 0.664. The smallest absolute Gasteiger partial charge is 0.273 e. The van der Waals surface area contributed by atoms with Crippen LogP contribution in [0.15, 0.2) is 28.2 Å². The molecule has 1 aliphatic rings. The number of rotatable bonds is 6. The van der Waals surface area contributed by atoms with Crippen LogP contribution in [-0.2, 0) is 10.0 Å². The van der Waals surface area contributed by atoms with Gasteiger partial charge in [0, 0.05) is 24.5 Å². The number of hydrogen-bond donors (Lipinski definition) is 1. The summed E-state index contributed by atoms with van der Waals surface area (Å²) in [5, 5.41) is 2.41. The molecule has 1 amide bonds. The van der Waals surface area contributed by atoms with E-state index >= 15 is 0 Å². The Balaban J connectivity index is 1.57. The molecule has 0 bridgehead atoms. The summed E-state index contributed by atoms with van der Waals surface area (Å²) in [4.78, 5) is 18.7. The highest BCUT2D eigenvalue weighted by Gasteiger charge is 2.27. The molecule has 0 saturated carbocycles. The van der Waals surface area contributed by atoms with Crippen LogP contribution in [0.25, 0.3) is 10.8 Å². The molecule has 0 atom stereocenters. The van der Waals surface area contributed by atoms with Crippen molar-refractivity contribution in [2.45, 2.75) is 32.2 Å². The van der Waals surface area contributed by atoms with Crippen molar-refractivity contribution in [3.05, 3.63) is 29.5 Å². The van der Waals surface area contributed by atoms with Gasteiger partial charge < -0.3 is 9.32 Å². The van der Waals surface area contributed by atoms with Crippen molar-refractivity contribution in [3.8, 4) is 10.8 Å². The molecule has 1 saturated heterocycles. The first kappa shape index (κ1) is 18.1. The minimum absolute atomic E-state index is 0.102. The van der Waals surface area contributed by atoms with Gasteiger partial charge in [0.1, 0.15) is 5.69 Å². The van der Waals surface area contributed by atoms with Gasteiger partial charge in [-0.25, -0.2) is 18.1 Å². The lowest BCUT2D eigenvalue weighted by atomic mass is 10.1. The van der Waals surface area contributed by atoms with Gasteiger partial charge in [0.25, 0.3) is 5.91 Å². The van der Waals surface area contributed by atoms with Gasteiger partial charge in [0.2, 0.25) is 10.0 Å². The summed E-state index contributed by atoms with van der Waals surface area (Å²) >= 11 is 1.37. The van der Waals surface area contributed by atoms with E-state index in [0.29, 0.717) is 48.8 Å². The van der Waals surface area contributed by atoms with E-state index in [-0.39, 0.29) is 17.7 Å². The third-order valence-electron chi connectivity index (χ3n) is 4.06. The van der Waals surface area contributed by atoms with Crippen LogP contribution in [0.4, 0.5) is 0 Å². The van der Waals surface area contributed by atoms with E-state index in [0.717, 1.165) is 0 Å². The molecule has 3 rings (SSSR count). The number of carbonyl (C=O) groups excluding carboxylic acids is 1. The molecule has 0 unspecified atom stereocenters. The summed E-state index contributed by atoms with van der Waals surface area (Å²) in [7, 11) is -3.22. The van der Waals surface area contributed by atoms with E-state index in [9.17, 15) is 13.2 Å². The van der Waals surface area contributed by atoms with Gasteiger partial charge in [-0.2, -0.15) is 0 Å². The Morgan fingerprint density at radius 2 is 2.20 bits per heavy atom. The number of carbonyl (C=O) groups is 1. The lowest BCUT2D eigenvalue weighted by Gasteiger charge is -2.31. The summed E-state index contributed by atoms with van der Waals surface area (Å²) < 4.78 is 31.7. The monoisotopic (exact) mass is 383 g/mol. The molecule has 0 radical (unpaired) electrons. The second-order valence-electron chi connectivity index (χ2n) is 6.02. The maximum absolute atomic E-state index is 12.6. The van der Waals surface area contributed by atoms with Gasteiger partial charge in [0.15, 0.2) is 10.8 Å². The van der Waals surface area contributed by atoms with Crippen LogP contribution in [0.1, 0.15) is 36.7 Å². The van der Waals surface area contributed by atoms with E-state index < -0.39 is 10.0 Å². The molecular weight excluding hydrogens is 362 g/mol. The van der Waals surface area contributed by atoms with Crippen LogP contribution in [0.5, 0.6) is 0 Å². The Bertz CT molecular complexity index is 806.